The third kappa shape index (κ3) is 2.63. The first-order valence-corrected chi connectivity index (χ1v) is 7.08. The zero-order valence-corrected chi connectivity index (χ0v) is 12.0. The minimum Gasteiger partial charge on any atom is -0.298 e. The average Bonchev–Trinajstić information content (AvgIpc) is 2.40. The summed E-state index contributed by atoms with van der Waals surface area (Å²) in [7, 11) is 0. The van der Waals surface area contributed by atoms with E-state index in [4.69, 9.17) is 0 Å². The van der Waals surface area contributed by atoms with Crippen LogP contribution in [-0.4, -0.2) is 18.0 Å². The quantitative estimate of drug-likeness (QED) is 0.795. The highest BCUT2D eigenvalue weighted by Gasteiger charge is 2.35. The van der Waals surface area contributed by atoms with Crippen LogP contribution in [0.2, 0.25) is 0 Å². The van der Waals surface area contributed by atoms with Crippen molar-refractivity contribution in [1.82, 2.24) is 4.90 Å². The summed E-state index contributed by atoms with van der Waals surface area (Å²) in [6.07, 6.45) is 0. The molecular weight excluding hydrogens is 270 g/mol. The molecule has 1 saturated heterocycles. The van der Waals surface area contributed by atoms with Gasteiger partial charge in [0, 0.05) is 29.0 Å². The Labute approximate surface area is 105 Å². The van der Waals surface area contributed by atoms with Crippen molar-refractivity contribution in [2.24, 2.45) is 11.3 Å². The van der Waals surface area contributed by atoms with Crippen LogP contribution in [0.1, 0.15) is 25.6 Å². The Bertz CT molecular complexity index is 334. The Morgan fingerprint density at radius 3 is 2.60 bits per heavy atom. The molecule has 1 aromatic heterocycles. The summed E-state index contributed by atoms with van der Waals surface area (Å²) in [5.74, 6) is 0.872. The SMILES string of the molecule is CC(C)(C)C1CN(Cc2sccc2Br)C1. The van der Waals surface area contributed by atoms with E-state index < -0.39 is 0 Å². The van der Waals surface area contributed by atoms with Gasteiger partial charge in [0.2, 0.25) is 0 Å². The molecule has 0 amide bonds. The molecule has 0 radical (unpaired) electrons. The summed E-state index contributed by atoms with van der Waals surface area (Å²) >= 11 is 5.43. The van der Waals surface area contributed by atoms with Crippen LogP contribution >= 0.6 is 27.3 Å². The molecule has 1 aliphatic rings. The molecule has 0 bridgehead atoms. The first kappa shape index (κ1) is 11.6. The van der Waals surface area contributed by atoms with Gasteiger partial charge in [0.25, 0.3) is 0 Å². The van der Waals surface area contributed by atoms with Gasteiger partial charge in [-0.25, -0.2) is 0 Å². The maximum Gasteiger partial charge on any atom is 0.0339 e. The van der Waals surface area contributed by atoms with E-state index in [1.54, 1.807) is 0 Å². The fourth-order valence-corrected chi connectivity index (χ4v) is 3.41. The molecule has 0 spiro atoms. The van der Waals surface area contributed by atoms with E-state index in [2.05, 4.69) is 53.0 Å². The Morgan fingerprint density at radius 2 is 2.13 bits per heavy atom. The van der Waals surface area contributed by atoms with Gasteiger partial charge >= 0.3 is 0 Å². The summed E-state index contributed by atoms with van der Waals surface area (Å²) in [5, 5.41) is 2.15. The van der Waals surface area contributed by atoms with Gasteiger partial charge in [-0.1, -0.05) is 20.8 Å². The van der Waals surface area contributed by atoms with E-state index in [9.17, 15) is 0 Å². The highest BCUT2D eigenvalue weighted by atomic mass is 79.9. The van der Waals surface area contributed by atoms with Crippen LogP contribution < -0.4 is 0 Å². The molecule has 84 valence electrons. The average molecular weight is 288 g/mol. The van der Waals surface area contributed by atoms with Gasteiger partial charge in [0.05, 0.1) is 0 Å². The molecule has 0 aliphatic carbocycles. The Morgan fingerprint density at radius 1 is 1.47 bits per heavy atom. The van der Waals surface area contributed by atoms with Crippen molar-refractivity contribution in [3.63, 3.8) is 0 Å². The van der Waals surface area contributed by atoms with Gasteiger partial charge in [-0.3, -0.25) is 4.90 Å². The Hall–Kier alpha value is 0.140. The monoisotopic (exact) mass is 287 g/mol. The second-order valence-corrected chi connectivity index (χ2v) is 7.30. The van der Waals surface area contributed by atoms with Crippen molar-refractivity contribution in [3.8, 4) is 0 Å². The predicted molar refractivity (Wildman–Crippen MR) is 70.2 cm³/mol. The molecule has 0 N–H and O–H groups in total. The van der Waals surface area contributed by atoms with Crippen LogP contribution in [0.25, 0.3) is 0 Å². The van der Waals surface area contributed by atoms with E-state index in [1.165, 1.54) is 22.4 Å². The predicted octanol–water partition coefficient (Wildman–Crippen LogP) is 3.99. The lowest BCUT2D eigenvalue weighted by Gasteiger charge is -2.46. The van der Waals surface area contributed by atoms with Gasteiger partial charge in [0.15, 0.2) is 0 Å². The van der Waals surface area contributed by atoms with Crippen molar-refractivity contribution in [2.75, 3.05) is 13.1 Å². The van der Waals surface area contributed by atoms with Crippen molar-refractivity contribution in [2.45, 2.75) is 27.3 Å². The number of halogens is 1. The second kappa shape index (κ2) is 4.19. The van der Waals surface area contributed by atoms with Crippen LogP contribution in [-0.2, 0) is 6.54 Å². The maximum atomic E-state index is 3.59. The topological polar surface area (TPSA) is 3.24 Å². The number of hydrogen-bond donors (Lipinski definition) is 0. The number of thiophene rings is 1. The van der Waals surface area contributed by atoms with Gasteiger partial charge in [-0.05, 0) is 38.7 Å². The largest absolute Gasteiger partial charge is 0.298 e. The number of rotatable bonds is 2. The van der Waals surface area contributed by atoms with Crippen LogP contribution in [0, 0.1) is 11.3 Å². The maximum absolute atomic E-state index is 3.59. The zero-order chi connectivity index (χ0) is 11.1. The van der Waals surface area contributed by atoms with Crippen molar-refractivity contribution in [1.29, 1.82) is 0 Å². The summed E-state index contributed by atoms with van der Waals surface area (Å²) in [5.41, 5.74) is 0.475. The third-order valence-corrected chi connectivity index (χ3v) is 5.15. The summed E-state index contributed by atoms with van der Waals surface area (Å²) in [4.78, 5) is 3.99. The van der Waals surface area contributed by atoms with Gasteiger partial charge < -0.3 is 0 Å². The first-order valence-electron chi connectivity index (χ1n) is 5.41. The molecule has 0 atom stereocenters. The fraction of sp³-hybridized carbons (Fsp3) is 0.667. The molecule has 15 heavy (non-hydrogen) atoms. The molecule has 1 aromatic rings. The zero-order valence-electron chi connectivity index (χ0n) is 9.59. The van der Waals surface area contributed by atoms with Crippen LogP contribution in [0.4, 0.5) is 0 Å². The molecule has 2 heterocycles. The van der Waals surface area contributed by atoms with Crippen molar-refractivity contribution >= 4 is 27.3 Å². The van der Waals surface area contributed by atoms with Crippen LogP contribution in [0.5, 0.6) is 0 Å². The lowest BCUT2D eigenvalue weighted by Crippen LogP contribution is -2.51. The van der Waals surface area contributed by atoms with Gasteiger partial charge in [-0.15, -0.1) is 11.3 Å². The van der Waals surface area contributed by atoms with E-state index in [-0.39, 0.29) is 0 Å². The first-order chi connectivity index (χ1) is 6.97. The highest BCUT2D eigenvalue weighted by molar-refractivity contribution is 9.10. The minimum absolute atomic E-state index is 0.475. The summed E-state index contributed by atoms with van der Waals surface area (Å²) in [6, 6.07) is 2.14. The molecule has 0 saturated carbocycles. The van der Waals surface area contributed by atoms with E-state index in [1.807, 2.05) is 11.3 Å². The molecule has 1 aliphatic heterocycles. The summed E-state index contributed by atoms with van der Waals surface area (Å²) in [6.45, 7) is 10.7. The van der Waals surface area contributed by atoms with Gasteiger partial charge in [0.1, 0.15) is 0 Å². The molecule has 0 unspecified atom stereocenters. The molecular formula is C12H18BrNS. The number of hydrogen-bond acceptors (Lipinski definition) is 2. The highest BCUT2D eigenvalue weighted by Crippen LogP contribution is 2.35. The van der Waals surface area contributed by atoms with Crippen molar-refractivity contribution < 1.29 is 0 Å². The molecule has 1 fully saturated rings. The molecule has 3 heteroatoms. The van der Waals surface area contributed by atoms with Crippen LogP contribution in [0.3, 0.4) is 0 Å². The number of nitrogens with zero attached hydrogens (tertiary/aromatic N) is 1. The molecule has 2 rings (SSSR count). The van der Waals surface area contributed by atoms with Gasteiger partial charge in [-0.2, -0.15) is 0 Å². The second-order valence-electron chi connectivity index (χ2n) is 5.45. The Balaban J connectivity index is 1.84. The third-order valence-electron chi connectivity index (χ3n) is 3.24. The Kier molecular flexibility index (Phi) is 3.25. The summed E-state index contributed by atoms with van der Waals surface area (Å²) < 4.78 is 1.27. The fourth-order valence-electron chi connectivity index (χ4n) is 1.89. The van der Waals surface area contributed by atoms with E-state index in [0.29, 0.717) is 5.41 Å². The molecule has 0 aromatic carbocycles. The lowest BCUT2D eigenvalue weighted by atomic mass is 9.76. The smallest absolute Gasteiger partial charge is 0.0339 e. The van der Waals surface area contributed by atoms with Crippen molar-refractivity contribution in [3.05, 3.63) is 20.8 Å². The standard InChI is InChI=1S/C12H18BrNS/c1-12(2,3)9-6-14(7-9)8-11-10(13)4-5-15-11/h4-5,9H,6-8H2,1-3H3. The number of likely N-dealkylation sites (tertiary alicyclic amines) is 1. The lowest BCUT2D eigenvalue weighted by molar-refractivity contribution is 0.0195. The minimum atomic E-state index is 0.475. The van der Waals surface area contributed by atoms with E-state index >= 15 is 0 Å². The van der Waals surface area contributed by atoms with Crippen LogP contribution in [0.15, 0.2) is 15.9 Å². The molecule has 1 nitrogen and oxygen atoms in total. The normalized spacial score (nSPS) is 19.2. The van der Waals surface area contributed by atoms with E-state index in [0.717, 1.165) is 12.5 Å².